The average molecular weight is 369 g/mol. The Morgan fingerprint density at radius 2 is 1.48 bits per heavy atom. The predicted octanol–water partition coefficient (Wildman–Crippen LogP) is 3.88. The zero-order valence-corrected chi connectivity index (χ0v) is 15.7. The highest BCUT2D eigenvalue weighted by molar-refractivity contribution is 5.82. The molecule has 5 heteroatoms. The molecule has 0 aliphatic heterocycles. The fraction of sp³-hybridized carbons (Fsp3) is 0.364. The molecule has 0 amide bonds. The first-order valence-corrected chi connectivity index (χ1v) is 9.30. The van der Waals surface area contributed by atoms with Crippen LogP contribution in [0, 0.1) is 0 Å². The van der Waals surface area contributed by atoms with Crippen LogP contribution in [0.25, 0.3) is 0 Å². The fourth-order valence-electron chi connectivity index (χ4n) is 2.85. The van der Waals surface area contributed by atoms with E-state index in [0.29, 0.717) is 19.7 Å². The van der Waals surface area contributed by atoms with Crippen LogP contribution in [-0.4, -0.2) is 34.6 Å². The molecular weight excluding hydrogens is 342 g/mol. The van der Waals surface area contributed by atoms with E-state index < -0.39 is 18.0 Å². The van der Waals surface area contributed by atoms with Crippen LogP contribution >= 0.6 is 0 Å². The Morgan fingerprint density at radius 3 is 1.93 bits per heavy atom. The van der Waals surface area contributed by atoms with E-state index in [0.717, 1.165) is 24.0 Å². The highest BCUT2D eigenvalue weighted by Gasteiger charge is 2.30. The van der Waals surface area contributed by atoms with Crippen molar-refractivity contribution in [1.29, 1.82) is 0 Å². The van der Waals surface area contributed by atoms with Crippen molar-refractivity contribution in [2.24, 2.45) is 0 Å². The standard InChI is InChI=1S/C22H27NO4/c1-2-3-14-27-22(26)20(15-21(24)25)23(16-18-10-6-4-7-11-18)17-19-12-8-5-9-13-19/h4-13,20H,2-3,14-17H2,1H3,(H,24,25)/t20-/m0/s1. The molecule has 0 fully saturated rings. The van der Waals surface area contributed by atoms with Crippen LogP contribution in [-0.2, 0) is 27.4 Å². The molecule has 0 unspecified atom stereocenters. The summed E-state index contributed by atoms with van der Waals surface area (Å²) in [6.45, 7) is 3.27. The number of aliphatic carboxylic acids is 1. The summed E-state index contributed by atoms with van der Waals surface area (Å²) in [5.74, 6) is -1.49. The van der Waals surface area contributed by atoms with Gasteiger partial charge >= 0.3 is 11.9 Å². The zero-order valence-electron chi connectivity index (χ0n) is 15.7. The number of hydrogen-bond acceptors (Lipinski definition) is 4. The van der Waals surface area contributed by atoms with Gasteiger partial charge in [-0.2, -0.15) is 0 Å². The molecule has 1 atom stereocenters. The van der Waals surface area contributed by atoms with Gasteiger partial charge in [0.05, 0.1) is 13.0 Å². The lowest BCUT2D eigenvalue weighted by Crippen LogP contribution is -2.43. The third-order valence-corrected chi connectivity index (χ3v) is 4.28. The number of carboxylic acid groups (broad SMARTS) is 1. The monoisotopic (exact) mass is 369 g/mol. The zero-order chi connectivity index (χ0) is 19.5. The van der Waals surface area contributed by atoms with Gasteiger partial charge in [0.25, 0.3) is 0 Å². The SMILES string of the molecule is CCCCOC(=O)[C@H](CC(=O)O)N(Cc1ccccc1)Cc1ccccc1. The van der Waals surface area contributed by atoms with Crippen LogP contribution in [0.2, 0.25) is 0 Å². The Hall–Kier alpha value is -2.66. The van der Waals surface area contributed by atoms with Crippen molar-refractivity contribution in [3.63, 3.8) is 0 Å². The maximum absolute atomic E-state index is 12.6. The second-order valence-electron chi connectivity index (χ2n) is 6.51. The van der Waals surface area contributed by atoms with Crippen LogP contribution in [0.1, 0.15) is 37.3 Å². The van der Waals surface area contributed by atoms with Crippen molar-refractivity contribution in [3.8, 4) is 0 Å². The Bertz CT molecular complexity index is 661. The number of hydrogen-bond donors (Lipinski definition) is 1. The summed E-state index contributed by atoms with van der Waals surface area (Å²) < 4.78 is 5.36. The summed E-state index contributed by atoms with van der Waals surface area (Å²) in [5.41, 5.74) is 2.04. The molecular formula is C22H27NO4. The van der Waals surface area contributed by atoms with E-state index in [1.807, 2.05) is 72.5 Å². The van der Waals surface area contributed by atoms with Gasteiger partial charge in [0.1, 0.15) is 6.04 Å². The molecule has 2 rings (SSSR count). The molecule has 0 saturated carbocycles. The second-order valence-corrected chi connectivity index (χ2v) is 6.51. The topological polar surface area (TPSA) is 66.8 Å². The first-order valence-electron chi connectivity index (χ1n) is 9.30. The van der Waals surface area contributed by atoms with Crippen molar-refractivity contribution in [1.82, 2.24) is 4.90 Å². The summed E-state index contributed by atoms with van der Waals surface area (Å²) in [7, 11) is 0. The Kier molecular flexibility index (Phi) is 8.52. The molecule has 0 radical (unpaired) electrons. The largest absolute Gasteiger partial charge is 0.481 e. The normalized spacial score (nSPS) is 11.9. The molecule has 0 bridgehead atoms. The van der Waals surface area contributed by atoms with E-state index in [1.54, 1.807) is 0 Å². The van der Waals surface area contributed by atoms with E-state index in [1.165, 1.54) is 0 Å². The molecule has 27 heavy (non-hydrogen) atoms. The van der Waals surface area contributed by atoms with Crippen molar-refractivity contribution in [2.45, 2.75) is 45.3 Å². The fourth-order valence-corrected chi connectivity index (χ4v) is 2.85. The Balaban J connectivity index is 2.23. The van der Waals surface area contributed by atoms with Crippen molar-refractivity contribution in [3.05, 3.63) is 71.8 Å². The molecule has 0 aliphatic carbocycles. The second kappa shape index (κ2) is 11.1. The third-order valence-electron chi connectivity index (χ3n) is 4.28. The van der Waals surface area contributed by atoms with Gasteiger partial charge in [0.2, 0.25) is 0 Å². The van der Waals surface area contributed by atoms with Gasteiger partial charge < -0.3 is 9.84 Å². The third kappa shape index (κ3) is 7.23. The minimum atomic E-state index is -1.02. The first-order chi connectivity index (χ1) is 13.1. The lowest BCUT2D eigenvalue weighted by atomic mass is 10.1. The minimum Gasteiger partial charge on any atom is -0.481 e. The molecule has 2 aromatic carbocycles. The molecule has 144 valence electrons. The highest BCUT2D eigenvalue weighted by atomic mass is 16.5. The quantitative estimate of drug-likeness (QED) is 0.481. The van der Waals surface area contributed by atoms with Crippen LogP contribution in [0.3, 0.4) is 0 Å². The van der Waals surface area contributed by atoms with E-state index in [2.05, 4.69) is 0 Å². The molecule has 0 aliphatic rings. The van der Waals surface area contributed by atoms with Crippen LogP contribution in [0.5, 0.6) is 0 Å². The number of carbonyl (C=O) groups is 2. The van der Waals surface area contributed by atoms with E-state index in [-0.39, 0.29) is 6.42 Å². The summed E-state index contributed by atoms with van der Waals surface area (Å²) >= 11 is 0. The predicted molar refractivity (Wildman–Crippen MR) is 104 cm³/mol. The summed E-state index contributed by atoms with van der Waals surface area (Å²) in [6, 6.07) is 18.6. The van der Waals surface area contributed by atoms with Crippen LogP contribution < -0.4 is 0 Å². The molecule has 1 N–H and O–H groups in total. The van der Waals surface area contributed by atoms with Gasteiger partial charge in [-0.15, -0.1) is 0 Å². The molecule has 0 heterocycles. The van der Waals surface area contributed by atoms with Crippen LogP contribution in [0.4, 0.5) is 0 Å². The molecule has 0 spiro atoms. The van der Waals surface area contributed by atoms with Gasteiger partial charge in [-0.3, -0.25) is 14.5 Å². The summed E-state index contributed by atoms with van der Waals surface area (Å²) in [4.78, 5) is 25.9. The maximum atomic E-state index is 12.6. The number of unbranched alkanes of at least 4 members (excludes halogenated alkanes) is 1. The smallest absolute Gasteiger partial charge is 0.323 e. The number of ether oxygens (including phenoxy) is 1. The molecule has 0 aromatic heterocycles. The average Bonchev–Trinajstić information content (AvgIpc) is 2.67. The van der Waals surface area contributed by atoms with Gasteiger partial charge in [-0.05, 0) is 17.5 Å². The maximum Gasteiger partial charge on any atom is 0.323 e. The molecule has 5 nitrogen and oxygen atoms in total. The first kappa shape index (κ1) is 20.6. The van der Waals surface area contributed by atoms with Gasteiger partial charge in [0, 0.05) is 13.1 Å². The van der Waals surface area contributed by atoms with Gasteiger partial charge in [0.15, 0.2) is 0 Å². The highest BCUT2D eigenvalue weighted by Crippen LogP contribution is 2.17. The van der Waals surface area contributed by atoms with Crippen molar-refractivity contribution >= 4 is 11.9 Å². The number of rotatable bonds is 11. The number of esters is 1. The number of nitrogens with zero attached hydrogens (tertiary/aromatic N) is 1. The van der Waals surface area contributed by atoms with E-state index in [4.69, 9.17) is 4.74 Å². The summed E-state index contributed by atoms with van der Waals surface area (Å²) in [5, 5.41) is 9.35. The Morgan fingerprint density at radius 1 is 0.963 bits per heavy atom. The van der Waals surface area contributed by atoms with E-state index in [9.17, 15) is 14.7 Å². The van der Waals surface area contributed by atoms with Crippen LogP contribution in [0.15, 0.2) is 60.7 Å². The lowest BCUT2D eigenvalue weighted by molar-refractivity contribution is -0.155. The summed E-state index contributed by atoms with van der Waals surface area (Å²) in [6.07, 6.45) is 1.39. The van der Waals surface area contributed by atoms with E-state index >= 15 is 0 Å². The van der Waals surface area contributed by atoms with Gasteiger partial charge in [-0.1, -0.05) is 74.0 Å². The lowest BCUT2D eigenvalue weighted by Gasteiger charge is -2.29. The molecule has 2 aromatic rings. The molecule has 0 saturated heterocycles. The minimum absolute atomic E-state index is 0.287. The number of carbonyl (C=O) groups excluding carboxylic acids is 1. The number of carboxylic acids is 1. The Labute approximate surface area is 160 Å². The number of benzene rings is 2. The van der Waals surface area contributed by atoms with Gasteiger partial charge in [-0.25, -0.2) is 0 Å². The van der Waals surface area contributed by atoms with Crippen molar-refractivity contribution in [2.75, 3.05) is 6.61 Å². The van der Waals surface area contributed by atoms with Crippen molar-refractivity contribution < 1.29 is 19.4 Å².